The summed E-state index contributed by atoms with van der Waals surface area (Å²) in [5, 5.41) is 0. The Morgan fingerprint density at radius 3 is 2.00 bits per heavy atom. The summed E-state index contributed by atoms with van der Waals surface area (Å²) >= 11 is 3.07. The number of anilines is 1. The van der Waals surface area contributed by atoms with Gasteiger partial charge in [0.15, 0.2) is 0 Å². The molecular weight excluding hydrogens is 385 g/mol. The first-order valence-electron chi connectivity index (χ1n) is 8.39. The molecule has 3 aromatic carbocycles. The van der Waals surface area contributed by atoms with E-state index in [1.165, 1.54) is 5.56 Å². The Balaban J connectivity index is 2.00. The second-order valence-corrected chi connectivity index (χ2v) is 6.69. The van der Waals surface area contributed by atoms with Crippen molar-refractivity contribution in [2.24, 2.45) is 9.98 Å². The topological polar surface area (TPSA) is 28.0 Å². The summed E-state index contributed by atoms with van der Waals surface area (Å²) in [4.78, 5) is 11.6. The van der Waals surface area contributed by atoms with E-state index in [1.54, 1.807) is 0 Å². The van der Waals surface area contributed by atoms with Gasteiger partial charge >= 0.3 is 163 Å². The molecule has 0 N–H and O–H groups in total. The second kappa shape index (κ2) is 8.61. The van der Waals surface area contributed by atoms with Crippen LogP contribution in [0.5, 0.6) is 0 Å². The number of hydrogen-bond donors (Lipinski definition) is 0. The van der Waals surface area contributed by atoms with Crippen LogP contribution >= 0.6 is 0 Å². The molecule has 129 valence electrons. The van der Waals surface area contributed by atoms with Crippen molar-refractivity contribution in [1.82, 2.24) is 0 Å². The van der Waals surface area contributed by atoms with Crippen LogP contribution in [0.25, 0.3) is 0 Å². The first kappa shape index (κ1) is 18.1. The number of para-hydroxylation sites is 2. The molecule has 0 bridgehead atoms. The zero-order valence-electron chi connectivity index (χ0n) is 14.8. The van der Waals surface area contributed by atoms with Gasteiger partial charge in [0.05, 0.1) is 0 Å². The van der Waals surface area contributed by atoms with Crippen LogP contribution in [0.2, 0.25) is 0 Å². The minimum atomic E-state index is 0.674. The summed E-state index contributed by atoms with van der Waals surface area (Å²) in [5.74, 6) is 0.674. The second-order valence-electron chi connectivity index (χ2n) is 5.93. The first-order chi connectivity index (χ1) is 12.6. The van der Waals surface area contributed by atoms with E-state index in [4.69, 9.17) is 9.98 Å². The molecule has 0 saturated heterocycles. The van der Waals surface area contributed by atoms with Crippen molar-refractivity contribution in [3.8, 4) is 0 Å². The number of hydrogen-bond acceptors (Lipinski definition) is 1. The van der Waals surface area contributed by atoms with Gasteiger partial charge < -0.3 is 0 Å². The maximum absolute atomic E-state index is 4.79. The van der Waals surface area contributed by atoms with Crippen molar-refractivity contribution in [2.45, 2.75) is 6.92 Å². The van der Waals surface area contributed by atoms with Crippen LogP contribution in [0, 0.1) is 6.92 Å². The summed E-state index contributed by atoms with van der Waals surface area (Å²) in [7, 11) is 1.99. The van der Waals surface area contributed by atoms with Gasteiger partial charge in [-0.25, -0.2) is 0 Å². The van der Waals surface area contributed by atoms with Crippen molar-refractivity contribution in [3.63, 3.8) is 0 Å². The molecule has 0 unspecified atom stereocenters. The number of amidine groups is 2. The van der Waals surface area contributed by atoms with E-state index in [0.717, 1.165) is 21.7 Å². The fourth-order valence-corrected chi connectivity index (χ4v) is 2.81. The maximum atomic E-state index is 4.79. The van der Waals surface area contributed by atoms with E-state index in [-0.39, 0.29) is 0 Å². The number of aryl methyl sites for hydroxylation is 1. The van der Waals surface area contributed by atoms with Crippen molar-refractivity contribution in [2.75, 3.05) is 11.9 Å². The number of benzene rings is 3. The van der Waals surface area contributed by atoms with Gasteiger partial charge in [0.2, 0.25) is 0 Å². The van der Waals surface area contributed by atoms with Crippen molar-refractivity contribution in [3.05, 3.63) is 96.1 Å². The monoisotopic (exact) mass is 406 g/mol. The summed E-state index contributed by atoms with van der Waals surface area (Å²) < 4.78 is 0.756. The minimum absolute atomic E-state index is 0.674. The number of rotatable bonds is 3. The molecule has 0 spiro atoms. The molecule has 0 saturated carbocycles. The fraction of sp³-hybridized carbons (Fsp3) is 0.0909. The average molecular weight is 405 g/mol. The summed E-state index contributed by atoms with van der Waals surface area (Å²) in [5.41, 5.74) is 4.13. The Morgan fingerprint density at radius 2 is 1.38 bits per heavy atom. The molecule has 0 aromatic heterocycles. The normalized spacial score (nSPS) is 12.1. The van der Waals surface area contributed by atoms with Gasteiger partial charge in [-0.05, 0) is 0 Å². The van der Waals surface area contributed by atoms with E-state index in [9.17, 15) is 0 Å². The molecule has 0 fully saturated rings. The number of aliphatic imine (C=N–C) groups is 2. The molecule has 3 rings (SSSR count). The van der Waals surface area contributed by atoms with Crippen molar-refractivity contribution in [1.29, 1.82) is 0 Å². The molecule has 26 heavy (non-hydrogen) atoms. The molecule has 0 amide bonds. The molecule has 0 aliphatic rings. The van der Waals surface area contributed by atoms with Crippen molar-refractivity contribution < 1.29 is 0 Å². The van der Waals surface area contributed by atoms with Crippen LogP contribution in [0.15, 0.2) is 94.9 Å². The van der Waals surface area contributed by atoms with Gasteiger partial charge in [-0.2, -0.15) is 0 Å². The molecule has 0 aliphatic heterocycles. The fourth-order valence-electron chi connectivity index (χ4n) is 2.41. The Kier molecular flexibility index (Phi) is 6.00. The summed E-state index contributed by atoms with van der Waals surface area (Å²) in [6, 6.07) is 28.3. The van der Waals surface area contributed by atoms with E-state index < -0.39 is 0 Å². The molecule has 0 atom stereocenters. The van der Waals surface area contributed by atoms with Crippen LogP contribution < -0.4 is 4.90 Å². The molecule has 1 radical (unpaired) electrons. The molecular formula is C22H20N3Se. The third-order valence-corrected chi connectivity index (χ3v) is 4.70. The van der Waals surface area contributed by atoms with E-state index >= 15 is 0 Å². The summed E-state index contributed by atoms with van der Waals surface area (Å²) in [6.45, 7) is 2.07. The molecule has 0 heterocycles. The third kappa shape index (κ3) is 4.69. The van der Waals surface area contributed by atoms with Gasteiger partial charge in [0.1, 0.15) is 0 Å². The van der Waals surface area contributed by atoms with Gasteiger partial charge in [0, 0.05) is 0 Å². The van der Waals surface area contributed by atoms with Crippen LogP contribution in [-0.4, -0.2) is 33.6 Å². The van der Waals surface area contributed by atoms with Crippen molar-refractivity contribution >= 4 is 38.0 Å². The number of nitrogens with zero attached hydrogens (tertiary/aromatic N) is 3. The quantitative estimate of drug-likeness (QED) is 0.352. The van der Waals surface area contributed by atoms with Crippen LogP contribution in [0.1, 0.15) is 11.1 Å². The van der Waals surface area contributed by atoms with Gasteiger partial charge in [0.25, 0.3) is 0 Å². The first-order valence-corrected chi connectivity index (χ1v) is 9.24. The van der Waals surface area contributed by atoms with Gasteiger partial charge in [-0.3, -0.25) is 0 Å². The molecule has 3 aromatic rings. The Bertz CT molecular complexity index is 901. The third-order valence-electron chi connectivity index (χ3n) is 3.93. The van der Waals surface area contributed by atoms with Crippen LogP contribution in [0.4, 0.5) is 11.4 Å². The standard InChI is InChI=1S/C22H20N3Se/c1-17-13-15-18(16-14-17)21(23-19-9-5-3-6-10-19)24-22(26)25(2)20-11-7-4-8-12-20/h3-16H,1-2H3. The van der Waals surface area contributed by atoms with E-state index in [1.807, 2.05) is 72.6 Å². The molecule has 0 aliphatic carbocycles. The van der Waals surface area contributed by atoms with Crippen LogP contribution in [-0.2, 0) is 0 Å². The SMILES string of the molecule is Cc1ccc(C(=Nc2ccccc2)N=C([Se])N(C)c2ccccc2)cc1. The molecule has 4 heteroatoms. The zero-order chi connectivity index (χ0) is 18.4. The Morgan fingerprint density at radius 1 is 0.808 bits per heavy atom. The average Bonchev–Trinajstić information content (AvgIpc) is 2.69. The summed E-state index contributed by atoms with van der Waals surface area (Å²) in [6.07, 6.45) is 0. The van der Waals surface area contributed by atoms with Gasteiger partial charge in [-0.1, -0.05) is 0 Å². The molecule has 3 nitrogen and oxygen atoms in total. The van der Waals surface area contributed by atoms with E-state index in [0.29, 0.717) is 5.84 Å². The predicted octanol–water partition coefficient (Wildman–Crippen LogP) is 4.73. The predicted molar refractivity (Wildman–Crippen MR) is 112 cm³/mol. The Labute approximate surface area is 162 Å². The zero-order valence-corrected chi connectivity index (χ0v) is 16.5. The Hall–Kier alpha value is -2.68. The van der Waals surface area contributed by atoms with E-state index in [2.05, 4.69) is 47.2 Å². The van der Waals surface area contributed by atoms with Gasteiger partial charge in [-0.15, -0.1) is 0 Å². The van der Waals surface area contributed by atoms with Crippen LogP contribution in [0.3, 0.4) is 0 Å².